The Bertz CT molecular complexity index is 629. The number of fused-ring (bicyclic) bond motifs is 1. The summed E-state index contributed by atoms with van der Waals surface area (Å²) in [6.45, 7) is 0.951. The van der Waals surface area contributed by atoms with Gasteiger partial charge in [0.25, 0.3) is 0 Å². The van der Waals surface area contributed by atoms with Crippen molar-refractivity contribution in [1.82, 2.24) is 0 Å². The molecule has 4 heteroatoms. The second-order valence-electron chi connectivity index (χ2n) is 5.05. The van der Waals surface area contributed by atoms with E-state index in [1.54, 1.807) is 12.1 Å². The Balaban J connectivity index is 2.03. The van der Waals surface area contributed by atoms with Gasteiger partial charge in [-0.25, -0.2) is 0 Å². The van der Waals surface area contributed by atoms with E-state index in [2.05, 4.69) is 11.0 Å². The Hall–Kier alpha value is -1.97. The number of benzene rings is 2. The molecule has 1 heterocycles. The summed E-state index contributed by atoms with van der Waals surface area (Å²) in [4.78, 5) is 2.17. The SMILES string of the molecule is CN1CCc2c(-c3ccc(C(F)(F)F)cc3)cccc21. The first-order valence-corrected chi connectivity index (χ1v) is 6.47. The monoisotopic (exact) mass is 277 g/mol. The second kappa shape index (κ2) is 4.54. The molecule has 0 radical (unpaired) electrons. The first-order chi connectivity index (χ1) is 9.47. The van der Waals surface area contributed by atoms with E-state index < -0.39 is 11.7 Å². The minimum atomic E-state index is -4.28. The molecule has 2 aromatic rings. The maximum absolute atomic E-state index is 12.6. The molecular formula is C16H14F3N. The summed E-state index contributed by atoms with van der Waals surface area (Å²) < 4.78 is 37.8. The van der Waals surface area contributed by atoms with Crippen molar-refractivity contribution >= 4 is 5.69 Å². The van der Waals surface area contributed by atoms with Crippen LogP contribution in [0.15, 0.2) is 42.5 Å². The Kier molecular flexibility index (Phi) is 2.96. The van der Waals surface area contributed by atoms with Crippen LogP contribution in [0.1, 0.15) is 11.1 Å². The van der Waals surface area contributed by atoms with E-state index in [0.717, 1.165) is 36.2 Å². The van der Waals surface area contributed by atoms with Crippen LogP contribution >= 0.6 is 0 Å². The molecule has 0 unspecified atom stereocenters. The maximum Gasteiger partial charge on any atom is 0.416 e. The molecule has 104 valence electrons. The van der Waals surface area contributed by atoms with Gasteiger partial charge in [-0.05, 0) is 41.3 Å². The van der Waals surface area contributed by atoms with Gasteiger partial charge in [-0.1, -0.05) is 24.3 Å². The summed E-state index contributed by atoms with van der Waals surface area (Å²) in [5.41, 5.74) is 3.65. The van der Waals surface area contributed by atoms with Crippen LogP contribution in [0.5, 0.6) is 0 Å². The minimum absolute atomic E-state index is 0.606. The minimum Gasteiger partial charge on any atom is -0.374 e. The average Bonchev–Trinajstić information content (AvgIpc) is 2.80. The highest BCUT2D eigenvalue weighted by molar-refractivity contribution is 5.76. The normalized spacial score (nSPS) is 14.5. The largest absolute Gasteiger partial charge is 0.416 e. The topological polar surface area (TPSA) is 3.24 Å². The Morgan fingerprint density at radius 2 is 1.70 bits per heavy atom. The van der Waals surface area contributed by atoms with E-state index in [0.29, 0.717) is 0 Å². The quantitative estimate of drug-likeness (QED) is 0.748. The van der Waals surface area contributed by atoms with E-state index in [1.165, 1.54) is 11.3 Å². The lowest BCUT2D eigenvalue weighted by atomic mass is 9.97. The lowest BCUT2D eigenvalue weighted by Gasteiger charge is -2.14. The lowest BCUT2D eigenvalue weighted by Crippen LogP contribution is -2.12. The fourth-order valence-electron chi connectivity index (χ4n) is 2.70. The van der Waals surface area contributed by atoms with Gasteiger partial charge in [0.15, 0.2) is 0 Å². The molecular weight excluding hydrogens is 263 g/mol. The molecule has 3 rings (SSSR count). The highest BCUT2D eigenvalue weighted by atomic mass is 19.4. The standard InChI is InChI=1S/C16H14F3N/c1-20-10-9-14-13(3-2-4-15(14)20)11-5-7-12(8-6-11)16(17,18)19/h2-8H,9-10H2,1H3. The first kappa shape index (κ1) is 13.0. The summed E-state index contributed by atoms with van der Waals surface area (Å²) in [5, 5.41) is 0. The molecule has 1 aliphatic rings. The molecule has 2 aromatic carbocycles. The summed E-state index contributed by atoms with van der Waals surface area (Å²) in [5.74, 6) is 0. The number of rotatable bonds is 1. The smallest absolute Gasteiger partial charge is 0.374 e. The predicted molar refractivity (Wildman–Crippen MR) is 73.9 cm³/mol. The molecule has 0 fully saturated rings. The first-order valence-electron chi connectivity index (χ1n) is 6.47. The third-order valence-corrected chi connectivity index (χ3v) is 3.78. The molecule has 1 aliphatic heterocycles. The zero-order chi connectivity index (χ0) is 14.3. The molecule has 0 aliphatic carbocycles. The van der Waals surface area contributed by atoms with Crippen molar-refractivity contribution in [3.8, 4) is 11.1 Å². The zero-order valence-electron chi connectivity index (χ0n) is 11.0. The van der Waals surface area contributed by atoms with Crippen molar-refractivity contribution in [2.45, 2.75) is 12.6 Å². The van der Waals surface area contributed by atoms with Gasteiger partial charge in [-0.3, -0.25) is 0 Å². The molecule has 0 spiro atoms. The average molecular weight is 277 g/mol. The van der Waals surface area contributed by atoms with E-state index in [1.807, 2.05) is 19.2 Å². The third-order valence-electron chi connectivity index (χ3n) is 3.78. The van der Waals surface area contributed by atoms with Crippen LogP contribution in [0, 0.1) is 0 Å². The summed E-state index contributed by atoms with van der Waals surface area (Å²) in [6.07, 6.45) is -3.35. The molecule has 0 saturated carbocycles. The highest BCUT2D eigenvalue weighted by Gasteiger charge is 2.30. The number of alkyl halides is 3. The van der Waals surface area contributed by atoms with Gasteiger partial charge in [0.1, 0.15) is 0 Å². The van der Waals surface area contributed by atoms with E-state index in [4.69, 9.17) is 0 Å². The van der Waals surface area contributed by atoms with Gasteiger partial charge < -0.3 is 4.90 Å². The number of nitrogens with zero attached hydrogens (tertiary/aromatic N) is 1. The van der Waals surface area contributed by atoms with Crippen molar-refractivity contribution in [2.24, 2.45) is 0 Å². The number of anilines is 1. The van der Waals surface area contributed by atoms with Crippen molar-refractivity contribution in [3.63, 3.8) is 0 Å². The second-order valence-corrected chi connectivity index (χ2v) is 5.05. The van der Waals surface area contributed by atoms with E-state index in [9.17, 15) is 13.2 Å². The summed E-state index contributed by atoms with van der Waals surface area (Å²) >= 11 is 0. The van der Waals surface area contributed by atoms with Gasteiger partial charge >= 0.3 is 6.18 Å². The Morgan fingerprint density at radius 1 is 1.00 bits per heavy atom. The van der Waals surface area contributed by atoms with Crippen molar-refractivity contribution in [3.05, 3.63) is 53.6 Å². The van der Waals surface area contributed by atoms with Gasteiger partial charge in [-0.15, -0.1) is 0 Å². The number of hydrogen-bond donors (Lipinski definition) is 0. The van der Waals surface area contributed by atoms with Crippen molar-refractivity contribution in [1.29, 1.82) is 0 Å². The van der Waals surface area contributed by atoms with Crippen LogP contribution in [-0.2, 0) is 12.6 Å². The lowest BCUT2D eigenvalue weighted by molar-refractivity contribution is -0.137. The van der Waals surface area contributed by atoms with Crippen molar-refractivity contribution in [2.75, 3.05) is 18.5 Å². The van der Waals surface area contributed by atoms with Crippen molar-refractivity contribution < 1.29 is 13.2 Å². The third kappa shape index (κ3) is 2.15. The van der Waals surface area contributed by atoms with Gasteiger partial charge in [0.2, 0.25) is 0 Å². The van der Waals surface area contributed by atoms with Gasteiger partial charge in [-0.2, -0.15) is 13.2 Å². The van der Waals surface area contributed by atoms with E-state index in [-0.39, 0.29) is 0 Å². The number of halogens is 3. The Morgan fingerprint density at radius 3 is 2.35 bits per heavy atom. The molecule has 0 saturated heterocycles. The fourth-order valence-corrected chi connectivity index (χ4v) is 2.70. The molecule has 0 amide bonds. The fraction of sp³-hybridized carbons (Fsp3) is 0.250. The molecule has 0 N–H and O–H groups in total. The molecule has 1 nitrogen and oxygen atoms in total. The molecule has 0 atom stereocenters. The maximum atomic E-state index is 12.6. The highest BCUT2D eigenvalue weighted by Crippen LogP contribution is 2.36. The van der Waals surface area contributed by atoms with Gasteiger partial charge in [0, 0.05) is 19.3 Å². The van der Waals surface area contributed by atoms with Crippen LogP contribution < -0.4 is 4.90 Å². The molecule has 20 heavy (non-hydrogen) atoms. The predicted octanol–water partition coefficient (Wildman–Crippen LogP) is 4.36. The summed E-state index contributed by atoms with van der Waals surface area (Å²) in [6, 6.07) is 11.4. The van der Waals surface area contributed by atoms with Crippen LogP contribution in [0.3, 0.4) is 0 Å². The zero-order valence-corrected chi connectivity index (χ0v) is 11.0. The van der Waals surface area contributed by atoms with Crippen LogP contribution in [0.2, 0.25) is 0 Å². The number of likely N-dealkylation sites (N-methyl/N-ethyl adjacent to an activating group) is 1. The Labute approximate surface area is 115 Å². The van der Waals surface area contributed by atoms with Crippen LogP contribution in [0.4, 0.5) is 18.9 Å². The van der Waals surface area contributed by atoms with Crippen LogP contribution in [0.25, 0.3) is 11.1 Å². The number of hydrogen-bond acceptors (Lipinski definition) is 1. The van der Waals surface area contributed by atoms with E-state index >= 15 is 0 Å². The van der Waals surface area contributed by atoms with Gasteiger partial charge in [0.05, 0.1) is 5.56 Å². The molecule has 0 bridgehead atoms. The summed E-state index contributed by atoms with van der Waals surface area (Å²) in [7, 11) is 2.03. The molecule has 0 aromatic heterocycles. The van der Waals surface area contributed by atoms with Crippen LogP contribution in [-0.4, -0.2) is 13.6 Å².